The van der Waals surface area contributed by atoms with Crippen LogP contribution in [0.5, 0.6) is 0 Å². The Morgan fingerprint density at radius 2 is 1.96 bits per heavy atom. The van der Waals surface area contributed by atoms with Crippen molar-refractivity contribution >= 4 is 17.4 Å². The third kappa shape index (κ3) is 4.89. The maximum Gasteiger partial charge on any atom is 0.330 e. The van der Waals surface area contributed by atoms with Crippen LogP contribution in [-0.2, 0) is 22.5 Å². The van der Waals surface area contributed by atoms with Gasteiger partial charge in [-0.05, 0) is 24.0 Å². The van der Waals surface area contributed by atoms with E-state index in [-0.39, 0.29) is 42.9 Å². The number of nitrogens with zero attached hydrogens (tertiary/aromatic N) is 2. The third-order valence-electron chi connectivity index (χ3n) is 4.45. The number of nitrogens with one attached hydrogen (secondary N) is 1. The van der Waals surface area contributed by atoms with Gasteiger partial charge in [-0.1, -0.05) is 38.1 Å². The summed E-state index contributed by atoms with van der Waals surface area (Å²) in [5.74, 6) is -0.177. The van der Waals surface area contributed by atoms with Crippen LogP contribution in [0.4, 0.5) is 11.5 Å². The maximum atomic E-state index is 13.1. The molecule has 0 atom stereocenters. The normalized spacial score (nSPS) is 11.0. The lowest BCUT2D eigenvalue weighted by atomic mass is 10.1. The highest BCUT2D eigenvalue weighted by Crippen LogP contribution is 2.19. The molecular formula is C20H28N4O4. The fourth-order valence-electron chi connectivity index (χ4n) is 3.00. The second-order valence-corrected chi connectivity index (χ2v) is 7.14. The van der Waals surface area contributed by atoms with Gasteiger partial charge < -0.3 is 15.4 Å². The van der Waals surface area contributed by atoms with Crippen LogP contribution in [-0.4, -0.2) is 35.7 Å². The highest BCUT2D eigenvalue weighted by molar-refractivity contribution is 5.96. The number of benzene rings is 1. The van der Waals surface area contributed by atoms with Crippen molar-refractivity contribution in [1.82, 2.24) is 9.55 Å². The number of nitrogens with two attached hydrogens (primary N) is 1. The number of hydrogen-bond acceptors (Lipinski definition) is 5. The molecule has 1 amide bonds. The van der Waals surface area contributed by atoms with Crippen LogP contribution < -0.4 is 21.9 Å². The molecule has 0 saturated carbocycles. The first-order valence-corrected chi connectivity index (χ1v) is 9.22. The first-order valence-electron chi connectivity index (χ1n) is 9.22. The molecule has 0 unspecified atom stereocenters. The smallest absolute Gasteiger partial charge is 0.330 e. The zero-order chi connectivity index (χ0) is 20.8. The van der Waals surface area contributed by atoms with E-state index in [1.165, 1.54) is 16.6 Å². The molecule has 1 aromatic heterocycles. The van der Waals surface area contributed by atoms with E-state index in [0.717, 1.165) is 11.1 Å². The SMILES string of the molecule is COCCN(C(=O)Cc1ccccc1C)c1c(N)n(CC(C)C)c(=O)[nH]c1=O. The Hall–Kier alpha value is -2.87. The molecule has 0 radical (unpaired) electrons. The molecule has 0 spiro atoms. The third-order valence-corrected chi connectivity index (χ3v) is 4.45. The lowest BCUT2D eigenvalue weighted by Crippen LogP contribution is -2.43. The van der Waals surface area contributed by atoms with Gasteiger partial charge in [0.1, 0.15) is 5.82 Å². The molecule has 0 aliphatic carbocycles. The number of aryl methyl sites for hydroxylation is 1. The summed E-state index contributed by atoms with van der Waals surface area (Å²) < 4.78 is 6.39. The molecule has 8 nitrogen and oxygen atoms in total. The monoisotopic (exact) mass is 388 g/mol. The Kier molecular flexibility index (Phi) is 7.17. The van der Waals surface area contributed by atoms with Gasteiger partial charge in [0.25, 0.3) is 5.56 Å². The molecule has 8 heteroatoms. The van der Waals surface area contributed by atoms with E-state index in [1.54, 1.807) is 0 Å². The van der Waals surface area contributed by atoms with E-state index in [2.05, 4.69) is 4.98 Å². The van der Waals surface area contributed by atoms with E-state index in [4.69, 9.17) is 10.5 Å². The molecule has 28 heavy (non-hydrogen) atoms. The summed E-state index contributed by atoms with van der Waals surface area (Å²) in [7, 11) is 1.51. The summed E-state index contributed by atoms with van der Waals surface area (Å²) in [5.41, 5.74) is 6.73. The number of carbonyl (C=O) groups is 1. The van der Waals surface area contributed by atoms with Crippen LogP contribution in [0.15, 0.2) is 33.9 Å². The van der Waals surface area contributed by atoms with Crippen molar-refractivity contribution in [2.75, 3.05) is 30.9 Å². The quantitative estimate of drug-likeness (QED) is 0.708. The molecule has 1 heterocycles. The standard InChI is InChI=1S/C20H28N4O4/c1-13(2)12-24-18(21)17(19(26)22-20(24)27)23(9-10-28-4)16(25)11-15-8-6-5-7-14(15)3/h5-8,13H,9-12,21H2,1-4H3,(H,22,26,27). The van der Waals surface area contributed by atoms with Crippen molar-refractivity contribution in [2.24, 2.45) is 5.92 Å². The number of methoxy groups -OCH3 is 1. The number of ether oxygens (including phenoxy) is 1. The Bertz CT molecular complexity index is 946. The molecule has 3 N–H and O–H groups in total. The molecular weight excluding hydrogens is 360 g/mol. The number of aromatic nitrogens is 2. The number of hydrogen-bond donors (Lipinski definition) is 2. The molecule has 0 fully saturated rings. The van der Waals surface area contributed by atoms with Crippen molar-refractivity contribution in [3.63, 3.8) is 0 Å². The Morgan fingerprint density at radius 3 is 2.57 bits per heavy atom. The highest BCUT2D eigenvalue weighted by atomic mass is 16.5. The summed E-state index contributed by atoms with van der Waals surface area (Å²) in [6.07, 6.45) is 0.110. The highest BCUT2D eigenvalue weighted by Gasteiger charge is 2.24. The van der Waals surface area contributed by atoms with Crippen molar-refractivity contribution in [3.05, 3.63) is 56.2 Å². The summed E-state index contributed by atoms with van der Waals surface area (Å²) in [6.45, 7) is 6.49. The fraction of sp³-hybridized carbons (Fsp3) is 0.450. The van der Waals surface area contributed by atoms with E-state index >= 15 is 0 Å². The Labute approximate surface area is 163 Å². The lowest BCUT2D eigenvalue weighted by Gasteiger charge is -2.25. The van der Waals surface area contributed by atoms with Crippen LogP contribution in [0.3, 0.4) is 0 Å². The molecule has 2 rings (SSSR count). The molecule has 152 valence electrons. The van der Waals surface area contributed by atoms with Gasteiger partial charge in [0.05, 0.1) is 13.0 Å². The predicted molar refractivity (Wildman–Crippen MR) is 110 cm³/mol. The van der Waals surface area contributed by atoms with Crippen LogP contribution in [0.2, 0.25) is 0 Å². The molecule has 0 aliphatic heterocycles. The molecule has 1 aromatic carbocycles. The zero-order valence-electron chi connectivity index (χ0n) is 16.8. The van der Waals surface area contributed by atoms with Crippen LogP contribution in [0.25, 0.3) is 0 Å². The fourth-order valence-corrected chi connectivity index (χ4v) is 3.00. The average Bonchev–Trinajstić information content (AvgIpc) is 2.63. The lowest BCUT2D eigenvalue weighted by molar-refractivity contribution is -0.118. The largest absolute Gasteiger partial charge is 0.383 e. The molecule has 0 aliphatic rings. The van der Waals surface area contributed by atoms with Gasteiger partial charge in [-0.2, -0.15) is 0 Å². The van der Waals surface area contributed by atoms with Gasteiger partial charge in [-0.15, -0.1) is 0 Å². The van der Waals surface area contributed by atoms with Crippen molar-refractivity contribution in [1.29, 1.82) is 0 Å². The number of H-pyrrole nitrogens is 1. The van der Waals surface area contributed by atoms with Crippen LogP contribution in [0, 0.1) is 12.8 Å². The van der Waals surface area contributed by atoms with Crippen molar-refractivity contribution in [2.45, 2.75) is 33.7 Å². The number of aromatic amines is 1. The van der Waals surface area contributed by atoms with Crippen LogP contribution in [0.1, 0.15) is 25.0 Å². The van der Waals surface area contributed by atoms with E-state index < -0.39 is 11.2 Å². The van der Waals surface area contributed by atoms with Crippen molar-refractivity contribution < 1.29 is 9.53 Å². The van der Waals surface area contributed by atoms with Crippen LogP contribution >= 0.6 is 0 Å². The zero-order valence-corrected chi connectivity index (χ0v) is 16.8. The number of carbonyl (C=O) groups excluding carboxylic acids is 1. The summed E-state index contributed by atoms with van der Waals surface area (Å²) in [5, 5.41) is 0. The minimum absolute atomic E-state index is 0.0170. The van der Waals surface area contributed by atoms with Gasteiger partial charge >= 0.3 is 5.69 Å². The molecule has 0 saturated heterocycles. The van der Waals surface area contributed by atoms with Gasteiger partial charge in [0, 0.05) is 20.2 Å². The maximum absolute atomic E-state index is 13.1. The minimum atomic E-state index is -0.684. The number of anilines is 2. The van der Waals surface area contributed by atoms with Gasteiger partial charge in [-0.3, -0.25) is 19.1 Å². The van der Waals surface area contributed by atoms with E-state index in [9.17, 15) is 14.4 Å². The second kappa shape index (κ2) is 9.36. The average molecular weight is 388 g/mol. The molecule has 0 bridgehead atoms. The summed E-state index contributed by atoms with van der Waals surface area (Å²) >= 11 is 0. The van der Waals surface area contributed by atoms with E-state index in [1.807, 2.05) is 45.0 Å². The van der Waals surface area contributed by atoms with Gasteiger partial charge in [-0.25, -0.2) is 4.79 Å². The minimum Gasteiger partial charge on any atom is -0.383 e. The van der Waals surface area contributed by atoms with Gasteiger partial charge in [0.2, 0.25) is 5.91 Å². The van der Waals surface area contributed by atoms with E-state index in [0.29, 0.717) is 6.54 Å². The first-order chi connectivity index (χ1) is 13.3. The predicted octanol–water partition coefficient (Wildman–Crippen LogP) is 1.31. The Morgan fingerprint density at radius 1 is 1.29 bits per heavy atom. The summed E-state index contributed by atoms with van der Waals surface area (Å²) in [4.78, 5) is 41.4. The number of amides is 1. The molecule has 2 aromatic rings. The second-order valence-electron chi connectivity index (χ2n) is 7.14. The van der Waals surface area contributed by atoms with Crippen molar-refractivity contribution in [3.8, 4) is 0 Å². The summed E-state index contributed by atoms with van der Waals surface area (Å²) in [6, 6.07) is 7.55. The van der Waals surface area contributed by atoms with Gasteiger partial charge in [0.15, 0.2) is 5.69 Å². The number of nitrogen functional groups attached to an aromatic ring is 1. The Balaban J connectivity index is 2.50. The number of rotatable bonds is 8. The topological polar surface area (TPSA) is 110 Å². The first kappa shape index (κ1) is 21.4.